The van der Waals surface area contributed by atoms with Gasteiger partial charge < -0.3 is 24.7 Å². The number of benzene rings is 1. The number of fused-ring (bicyclic) bond motifs is 1. The van der Waals surface area contributed by atoms with Gasteiger partial charge in [0.1, 0.15) is 11.4 Å². The summed E-state index contributed by atoms with van der Waals surface area (Å²) in [5, 5.41) is 16.2. The third kappa shape index (κ3) is 5.17. The van der Waals surface area contributed by atoms with Crippen molar-refractivity contribution in [2.45, 2.75) is 50.5 Å². The Balaban J connectivity index is 1.80. The minimum atomic E-state index is -3.87. The van der Waals surface area contributed by atoms with E-state index in [0.29, 0.717) is 40.0 Å². The number of aromatic nitrogens is 2. The Morgan fingerprint density at radius 3 is 2.65 bits per heavy atom. The monoisotopic (exact) mass is 490 g/mol. The van der Waals surface area contributed by atoms with Crippen LogP contribution >= 0.6 is 0 Å². The number of rotatable bonds is 10. The van der Waals surface area contributed by atoms with Crippen LogP contribution in [0.1, 0.15) is 37.1 Å². The molecule has 4 rings (SSSR count). The highest BCUT2D eigenvalue weighted by atomic mass is 32.2. The molecule has 0 spiro atoms. The topological polar surface area (TPSA) is 147 Å². The first-order valence-corrected chi connectivity index (χ1v) is 12.9. The highest BCUT2D eigenvalue weighted by molar-refractivity contribution is 7.89. The quantitative estimate of drug-likeness (QED) is 0.317. The summed E-state index contributed by atoms with van der Waals surface area (Å²) >= 11 is 0. The molecule has 11 heteroatoms. The second-order valence-corrected chi connectivity index (χ2v) is 10.2. The predicted octanol–water partition coefficient (Wildman–Crippen LogP) is 2.44. The molecule has 0 amide bonds. The molecule has 10 nitrogen and oxygen atoms in total. The smallest absolute Gasteiger partial charge is 0.271 e. The number of hydrogen-bond donors (Lipinski definition) is 4. The van der Waals surface area contributed by atoms with Crippen molar-refractivity contribution in [3.63, 3.8) is 0 Å². The van der Waals surface area contributed by atoms with Crippen molar-refractivity contribution in [1.82, 2.24) is 14.9 Å². The molecule has 2 heterocycles. The second-order valence-electron chi connectivity index (χ2n) is 8.51. The lowest BCUT2D eigenvalue weighted by molar-refractivity contribution is 0.0992. The van der Waals surface area contributed by atoms with Crippen LogP contribution in [0.3, 0.4) is 0 Å². The van der Waals surface area contributed by atoms with E-state index < -0.39 is 10.0 Å². The first kappa shape index (κ1) is 24.4. The van der Waals surface area contributed by atoms with Crippen molar-refractivity contribution in [3.8, 4) is 11.1 Å². The highest BCUT2D eigenvalue weighted by Crippen LogP contribution is 2.34. The largest absolute Gasteiger partial charge is 0.394 e. The van der Waals surface area contributed by atoms with Crippen molar-refractivity contribution >= 4 is 26.6 Å². The van der Waals surface area contributed by atoms with Gasteiger partial charge >= 0.3 is 0 Å². The van der Waals surface area contributed by atoms with Crippen LogP contribution < -0.4 is 15.6 Å². The summed E-state index contributed by atoms with van der Waals surface area (Å²) in [6.45, 7) is 4.29. The minimum Gasteiger partial charge on any atom is -0.394 e. The molecule has 0 bridgehead atoms. The molecule has 1 aliphatic rings. The number of aromatic amines is 1. The van der Waals surface area contributed by atoms with Gasteiger partial charge in [-0.3, -0.25) is 4.79 Å². The second kappa shape index (κ2) is 10.3. The molecular formula is C23H30N4O6S. The van der Waals surface area contributed by atoms with Crippen LogP contribution in [0.2, 0.25) is 0 Å². The van der Waals surface area contributed by atoms with E-state index in [9.17, 15) is 13.2 Å². The lowest BCUT2D eigenvalue weighted by atomic mass is 10.0. The van der Waals surface area contributed by atoms with Crippen LogP contribution in [0, 0.1) is 13.8 Å². The number of pyridine rings is 1. The Morgan fingerprint density at radius 2 is 1.97 bits per heavy atom. The number of nitrogens with one attached hydrogen (secondary N) is 3. The highest BCUT2D eigenvalue weighted by Gasteiger charge is 2.26. The van der Waals surface area contributed by atoms with Gasteiger partial charge in [0.2, 0.25) is 10.0 Å². The maximum atomic E-state index is 13.5. The number of aliphatic hydroxyl groups excluding tert-OH is 1. The summed E-state index contributed by atoms with van der Waals surface area (Å²) in [7, 11) is -3.87. The van der Waals surface area contributed by atoms with Gasteiger partial charge in [0.25, 0.3) is 5.56 Å². The number of sulfonamides is 1. The first-order chi connectivity index (χ1) is 16.3. The van der Waals surface area contributed by atoms with E-state index in [1.165, 1.54) is 0 Å². The Hall–Kier alpha value is -2.73. The van der Waals surface area contributed by atoms with Crippen molar-refractivity contribution in [2.75, 3.05) is 31.7 Å². The molecule has 1 fully saturated rings. The lowest BCUT2D eigenvalue weighted by Gasteiger charge is -2.16. The Morgan fingerprint density at radius 1 is 1.21 bits per heavy atom. The van der Waals surface area contributed by atoms with Crippen LogP contribution in [0.25, 0.3) is 22.0 Å². The van der Waals surface area contributed by atoms with Crippen molar-refractivity contribution in [3.05, 3.63) is 40.0 Å². The van der Waals surface area contributed by atoms with E-state index >= 15 is 0 Å². The molecule has 1 saturated carbocycles. The van der Waals surface area contributed by atoms with Crippen LogP contribution in [0.4, 0.5) is 5.69 Å². The molecule has 2 aromatic heterocycles. The van der Waals surface area contributed by atoms with Gasteiger partial charge in [-0.1, -0.05) is 18.0 Å². The third-order valence-corrected chi connectivity index (χ3v) is 7.57. The summed E-state index contributed by atoms with van der Waals surface area (Å²) in [6, 6.07) is 4.80. The standard InChI is InChI=1S/C23H30N4O6S/c1-14-22(15(2)33-26-14)16-11-19-18(13-20(23(29)25-19)24-7-9-32-10-8-28)21(12-16)34(30,31)27-17-5-3-4-6-17/h11-13,17,24,27-28H,3-10H2,1-2H3,(H,25,29). The number of anilines is 1. The summed E-state index contributed by atoms with van der Waals surface area (Å²) in [6.07, 6.45) is 3.59. The predicted molar refractivity (Wildman–Crippen MR) is 129 cm³/mol. The normalized spacial score (nSPS) is 14.8. The molecule has 184 valence electrons. The lowest BCUT2D eigenvalue weighted by Crippen LogP contribution is -2.33. The Labute approximate surface area is 197 Å². The Kier molecular flexibility index (Phi) is 7.36. The van der Waals surface area contributed by atoms with E-state index in [0.717, 1.165) is 25.7 Å². The number of aryl methyl sites for hydroxylation is 2. The molecule has 4 N–H and O–H groups in total. The van der Waals surface area contributed by atoms with Gasteiger partial charge in [0.15, 0.2) is 0 Å². The van der Waals surface area contributed by atoms with Gasteiger partial charge in [-0.05, 0) is 50.5 Å². The van der Waals surface area contributed by atoms with E-state index in [4.69, 9.17) is 14.4 Å². The minimum absolute atomic E-state index is 0.0841. The fourth-order valence-electron chi connectivity index (χ4n) is 4.42. The molecule has 0 atom stereocenters. The number of aliphatic hydroxyl groups is 1. The van der Waals surface area contributed by atoms with E-state index in [1.54, 1.807) is 32.0 Å². The number of ether oxygens (including phenoxy) is 1. The number of H-pyrrole nitrogens is 1. The molecule has 34 heavy (non-hydrogen) atoms. The van der Waals surface area contributed by atoms with Crippen molar-refractivity contribution in [1.29, 1.82) is 0 Å². The SMILES string of the molecule is Cc1noc(C)c1-c1cc(S(=O)(=O)NC2CCCC2)c2cc(NCCOCCO)c(=O)[nH]c2c1. The average Bonchev–Trinajstić information content (AvgIpc) is 3.41. The zero-order valence-corrected chi connectivity index (χ0v) is 20.1. The molecule has 0 radical (unpaired) electrons. The van der Waals surface area contributed by atoms with Crippen molar-refractivity contribution in [2.24, 2.45) is 0 Å². The van der Waals surface area contributed by atoms with Crippen LogP contribution in [-0.4, -0.2) is 56.1 Å². The van der Waals surface area contributed by atoms with Crippen LogP contribution in [-0.2, 0) is 14.8 Å². The van der Waals surface area contributed by atoms with E-state index in [1.807, 2.05) is 0 Å². The molecule has 0 unspecified atom stereocenters. The van der Waals surface area contributed by atoms with Gasteiger partial charge in [-0.25, -0.2) is 13.1 Å². The number of nitrogens with zero attached hydrogens (tertiary/aromatic N) is 1. The summed E-state index contributed by atoms with van der Waals surface area (Å²) in [5.41, 5.74) is 2.19. The third-order valence-electron chi connectivity index (χ3n) is 6.01. The van der Waals surface area contributed by atoms with Gasteiger partial charge in [0, 0.05) is 23.5 Å². The molecule has 3 aromatic rings. The zero-order valence-electron chi connectivity index (χ0n) is 19.3. The van der Waals surface area contributed by atoms with Crippen LogP contribution in [0.15, 0.2) is 32.4 Å². The number of hydrogen-bond acceptors (Lipinski definition) is 8. The molecule has 0 aliphatic heterocycles. The maximum absolute atomic E-state index is 13.5. The summed E-state index contributed by atoms with van der Waals surface area (Å²) < 4.78 is 40.4. The molecule has 1 aromatic carbocycles. The first-order valence-electron chi connectivity index (χ1n) is 11.4. The summed E-state index contributed by atoms with van der Waals surface area (Å²) in [4.78, 5) is 15.6. The summed E-state index contributed by atoms with van der Waals surface area (Å²) in [5.74, 6) is 0.562. The maximum Gasteiger partial charge on any atom is 0.271 e. The van der Waals surface area contributed by atoms with Gasteiger partial charge in [-0.15, -0.1) is 0 Å². The van der Waals surface area contributed by atoms with Gasteiger partial charge in [-0.2, -0.15) is 0 Å². The van der Waals surface area contributed by atoms with Crippen LogP contribution in [0.5, 0.6) is 0 Å². The molecular weight excluding hydrogens is 460 g/mol. The fourth-order valence-corrected chi connectivity index (χ4v) is 5.96. The molecule has 1 aliphatic carbocycles. The zero-order chi connectivity index (χ0) is 24.3. The van der Waals surface area contributed by atoms with E-state index in [-0.39, 0.29) is 42.0 Å². The fraction of sp³-hybridized carbons (Fsp3) is 0.478. The van der Waals surface area contributed by atoms with Crippen molar-refractivity contribution < 1.29 is 22.8 Å². The van der Waals surface area contributed by atoms with E-state index in [2.05, 4.69) is 20.2 Å². The molecule has 0 saturated heterocycles. The van der Waals surface area contributed by atoms with Gasteiger partial charge in [0.05, 0.1) is 35.9 Å². The Bertz CT molecular complexity index is 1310. The average molecular weight is 491 g/mol.